The van der Waals surface area contributed by atoms with Crippen LogP contribution in [0.5, 0.6) is 0 Å². The van der Waals surface area contributed by atoms with E-state index in [1.807, 2.05) is 6.92 Å². The molecule has 3 aromatic rings. The molecule has 1 atom stereocenters. The van der Waals surface area contributed by atoms with Crippen LogP contribution >= 0.6 is 0 Å². The summed E-state index contributed by atoms with van der Waals surface area (Å²) in [5.41, 5.74) is 0.412. The molecule has 10 heteroatoms. The lowest BCUT2D eigenvalue weighted by Crippen LogP contribution is -2.27. The van der Waals surface area contributed by atoms with E-state index in [0.717, 1.165) is 17.8 Å². The maximum absolute atomic E-state index is 12.5. The van der Waals surface area contributed by atoms with Crippen molar-refractivity contribution in [2.45, 2.75) is 26.1 Å². The predicted molar refractivity (Wildman–Crippen MR) is 87.4 cm³/mol. The lowest BCUT2D eigenvalue weighted by Gasteiger charge is -2.10. The van der Waals surface area contributed by atoms with Crippen LogP contribution in [0.3, 0.4) is 0 Å². The molecule has 0 bridgehead atoms. The number of hydrogen-bond donors (Lipinski definition) is 1. The van der Waals surface area contributed by atoms with Crippen LogP contribution in [0.15, 0.2) is 41.2 Å². The average Bonchev–Trinajstić information content (AvgIpc) is 3.11. The molecule has 27 heavy (non-hydrogen) atoms. The van der Waals surface area contributed by atoms with Gasteiger partial charge in [-0.2, -0.15) is 18.2 Å². The zero-order valence-corrected chi connectivity index (χ0v) is 14.3. The first-order chi connectivity index (χ1) is 12.7. The normalized spacial score (nSPS) is 12.6. The first-order valence-electron chi connectivity index (χ1n) is 7.85. The molecule has 140 valence electrons. The standard InChI is InChI=1S/C17H14F3N5O2/c1-9-7-11(5-6-21-9)14-24-16(27-25-14)10(2)23-15(26)13-4-3-12(8-22-13)17(18,19)20/h3-8,10H,1-2H3,(H,23,26)/t10-/m0/s1. The molecule has 0 fully saturated rings. The SMILES string of the molecule is Cc1cc(-c2noc([C@H](C)NC(=O)c3ccc(C(F)(F)F)cn3)n2)ccn1. The number of aromatic nitrogens is 4. The van der Waals surface area contributed by atoms with Gasteiger partial charge in [-0.1, -0.05) is 5.16 Å². The number of halogens is 3. The monoisotopic (exact) mass is 377 g/mol. The van der Waals surface area contributed by atoms with E-state index in [-0.39, 0.29) is 11.6 Å². The van der Waals surface area contributed by atoms with Gasteiger partial charge in [0.25, 0.3) is 5.91 Å². The van der Waals surface area contributed by atoms with Gasteiger partial charge < -0.3 is 9.84 Å². The van der Waals surface area contributed by atoms with Crippen molar-refractivity contribution in [1.82, 2.24) is 25.4 Å². The Labute approximate surface area is 151 Å². The van der Waals surface area contributed by atoms with Gasteiger partial charge in [-0.3, -0.25) is 14.8 Å². The number of rotatable bonds is 4. The molecule has 0 aliphatic heterocycles. The van der Waals surface area contributed by atoms with E-state index in [1.54, 1.807) is 25.3 Å². The van der Waals surface area contributed by atoms with E-state index in [4.69, 9.17) is 4.52 Å². The number of aryl methyl sites for hydroxylation is 1. The summed E-state index contributed by atoms with van der Waals surface area (Å²) in [6.07, 6.45) is -2.29. The Morgan fingerprint density at radius 3 is 2.63 bits per heavy atom. The van der Waals surface area contributed by atoms with E-state index >= 15 is 0 Å². The van der Waals surface area contributed by atoms with Crippen molar-refractivity contribution in [2.75, 3.05) is 0 Å². The summed E-state index contributed by atoms with van der Waals surface area (Å²) in [7, 11) is 0. The number of carbonyl (C=O) groups is 1. The maximum atomic E-state index is 12.5. The number of carbonyl (C=O) groups excluding carboxylic acids is 1. The largest absolute Gasteiger partial charge is 0.417 e. The molecular formula is C17H14F3N5O2. The molecule has 0 unspecified atom stereocenters. The lowest BCUT2D eigenvalue weighted by atomic mass is 10.2. The molecule has 1 N–H and O–H groups in total. The van der Waals surface area contributed by atoms with Crippen molar-refractivity contribution in [3.8, 4) is 11.4 Å². The van der Waals surface area contributed by atoms with Crippen LogP contribution in [0.2, 0.25) is 0 Å². The van der Waals surface area contributed by atoms with Gasteiger partial charge in [0, 0.05) is 23.7 Å². The predicted octanol–water partition coefficient (Wildman–Crippen LogP) is 3.34. The maximum Gasteiger partial charge on any atom is 0.417 e. The topological polar surface area (TPSA) is 93.8 Å². The van der Waals surface area contributed by atoms with Crippen LogP contribution in [0.1, 0.15) is 40.6 Å². The molecule has 3 heterocycles. The van der Waals surface area contributed by atoms with E-state index in [2.05, 4.69) is 25.4 Å². The highest BCUT2D eigenvalue weighted by Gasteiger charge is 2.31. The van der Waals surface area contributed by atoms with Crippen molar-refractivity contribution in [1.29, 1.82) is 0 Å². The van der Waals surface area contributed by atoms with Crippen LogP contribution in [-0.2, 0) is 6.18 Å². The number of alkyl halides is 3. The Bertz CT molecular complexity index is 954. The Morgan fingerprint density at radius 2 is 2.00 bits per heavy atom. The summed E-state index contributed by atoms with van der Waals surface area (Å²) in [6, 6.07) is 4.64. The molecule has 0 saturated heterocycles. The van der Waals surface area contributed by atoms with Gasteiger partial charge in [0.1, 0.15) is 11.7 Å². The highest BCUT2D eigenvalue weighted by Crippen LogP contribution is 2.28. The summed E-state index contributed by atoms with van der Waals surface area (Å²) in [4.78, 5) is 24.0. The molecular weight excluding hydrogens is 363 g/mol. The van der Waals surface area contributed by atoms with Gasteiger partial charge in [-0.15, -0.1) is 0 Å². The minimum Gasteiger partial charge on any atom is -0.339 e. The molecule has 0 saturated carbocycles. The van der Waals surface area contributed by atoms with E-state index in [9.17, 15) is 18.0 Å². The molecule has 0 radical (unpaired) electrons. The zero-order chi connectivity index (χ0) is 19.6. The van der Waals surface area contributed by atoms with Crippen LogP contribution in [0, 0.1) is 6.92 Å². The molecule has 0 spiro atoms. The van der Waals surface area contributed by atoms with Crippen LogP contribution in [0.4, 0.5) is 13.2 Å². The Morgan fingerprint density at radius 1 is 1.22 bits per heavy atom. The van der Waals surface area contributed by atoms with Crippen LogP contribution in [-0.4, -0.2) is 26.0 Å². The molecule has 0 aliphatic rings. The molecule has 1 amide bonds. The molecule has 3 aromatic heterocycles. The van der Waals surface area contributed by atoms with Crippen molar-refractivity contribution in [2.24, 2.45) is 0 Å². The minimum atomic E-state index is -4.51. The first kappa shape index (κ1) is 18.5. The summed E-state index contributed by atoms with van der Waals surface area (Å²) >= 11 is 0. The first-order valence-corrected chi connectivity index (χ1v) is 7.85. The van der Waals surface area contributed by atoms with Gasteiger partial charge >= 0.3 is 6.18 Å². The Balaban J connectivity index is 1.70. The van der Waals surface area contributed by atoms with Gasteiger partial charge in [0.2, 0.25) is 11.7 Å². The third kappa shape index (κ3) is 4.27. The van der Waals surface area contributed by atoms with E-state index in [1.165, 1.54) is 0 Å². The third-order valence-electron chi connectivity index (χ3n) is 3.64. The quantitative estimate of drug-likeness (QED) is 0.749. The fourth-order valence-corrected chi connectivity index (χ4v) is 2.24. The smallest absolute Gasteiger partial charge is 0.339 e. The molecule has 3 rings (SSSR count). The second kappa shape index (κ2) is 7.14. The number of nitrogens with one attached hydrogen (secondary N) is 1. The minimum absolute atomic E-state index is 0.153. The Hall–Kier alpha value is -3.30. The highest BCUT2D eigenvalue weighted by atomic mass is 19.4. The average molecular weight is 377 g/mol. The second-order valence-corrected chi connectivity index (χ2v) is 5.77. The third-order valence-corrected chi connectivity index (χ3v) is 3.64. The van der Waals surface area contributed by atoms with Crippen LogP contribution in [0.25, 0.3) is 11.4 Å². The van der Waals surface area contributed by atoms with Gasteiger partial charge in [-0.25, -0.2) is 0 Å². The van der Waals surface area contributed by atoms with Crippen molar-refractivity contribution >= 4 is 5.91 Å². The van der Waals surface area contributed by atoms with Crippen molar-refractivity contribution in [3.63, 3.8) is 0 Å². The number of pyridine rings is 2. The molecule has 7 nitrogen and oxygen atoms in total. The van der Waals surface area contributed by atoms with E-state index < -0.39 is 23.7 Å². The number of nitrogens with zero attached hydrogens (tertiary/aromatic N) is 4. The molecule has 0 aromatic carbocycles. The van der Waals surface area contributed by atoms with E-state index in [0.29, 0.717) is 17.6 Å². The highest BCUT2D eigenvalue weighted by molar-refractivity contribution is 5.92. The second-order valence-electron chi connectivity index (χ2n) is 5.77. The number of hydrogen-bond acceptors (Lipinski definition) is 6. The Kier molecular flexibility index (Phi) is 4.89. The summed E-state index contributed by atoms with van der Waals surface area (Å²) < 4.78 is 42.8. The lowest BCUT2D eigenvalue weighted by molar-refractivity contribution is -0.137. The van der Waals surface area contributed by atoms with Gasteiger partial charge in [-0.05, 0) is 38.1 Å². The fourth-order valence-electron chi connectivity index (χ4n) is 2.24. The fraction of sp³-hybridized carbons (Fsp3) is 0.235. The van der Waals surface area contributed by atoms with Gasteiger partial charge in [0.05, 0.1) is 5.56 Å². The van der Waals surface area contributed by atoms with Crippen molar-refractivity contribution < 1.29 is 22.5 Å². The van der Waals surface area contributed by atoms with Crippen molar-refractivity contribution in [3.05, 3.63) is 59.5 Å². The zero-order valence-electron chi connectivity index (χ0n) is 14.3. The molecule has 0 aliphatic carbocycles. The van der Waals surface area contributed by atoms with Crippen LogP contribution < -0.4 is 5.32 Å². The summed E-state index contributed by atoms with van der Waals surface area (Å²) in [6.45, 7) is 3.43. The number of amides is 1. The summed E-state index contributed by atoms with van der Waals surface area (Å²) in [5, 5.41) is 6.42. The van der Waals surface area contributed by atoms with Gasteiger partial charge in [0.15, 0.2) is 0 Å². The summed E-state index contributed by atoms with van der Waals surface area (Å²) in [5.74, 6) is -0.167.